The SMILES string of the molecule is CCCOc1cncc(C2(N)CCC(C)CC2C)c1. The van der Waals surface area contributed by atoms with Crippen molar-refractivity contribution in [3.05, 3.63) is 24.0 Å². The first-order chi connectivity index (χ1) is 9.06. The van der Waals surface area contributed by atoms with Crippen LogP contribution in [0.4, 0.5) is 0 Å². The van der Waals surface area contributed by atoms with E-state index in [0.29, 0.717) is 5.92 Å². The lowest BCUT2D eigenvalue weighted by molar-refractivity contribution is 0.163. The van der Waals surface area contributed by atoms with E-state index in [1.165, 1.54) is 12.8 Å². The number of pyridine rings is 1. The smallest absolute Gasteiger partial charge is 0.137 e. The Kier molecular flexibility index (Phi) is 4.46. The van der Waals surface area contributed by atoms with Crippen molar-refractivity contribution in [1.82, 2.24) is 4.98 Å². The molecule has 0 radical (unpaired) electrons. The normalized spacial score (nSPS) is 31.2. The molecule has 3 atom stereocenters. The van der Waals surface area contributed by atoms with Gasteiger partial charge in [-0.3, -0.25) is 4.98 Å². The zero-order valence-corrected chi connectivity index (χ0v) is 12.4. The third-order valence-corrected chi connectivity index (χ3v) is 4.41. The van der Waals surface area contributed by atoms with E-state index >= 15 is 0 Å². The Hall–Kier alpha value is -1.09. The summed E-state index contributed by atoms with van der Waals surface area (Å²) in [6, 6.07) is 2.08. The summed E-state index contributed by atoms with van der Waals surface area (Å²) in [4.78, 5) is 4.31. The van der Waals surface area contributed by atoms with Gasteiger partial charge in [-0.15, -0.1) is 0 Å². The second kappa shape index (κ2) is 5.91. The van der Waals surface area contributed by atoms with Crippen molar-refractivity contribution in [2.45, 2.75) is 52.0 Å². The summed E-state index contributed by atoms with van der Waals surface area (Å²) >= 11 is 0. The van der Waals surface area contributed by atoms with Crippen molar-refractivity contribution >= 4 is 0 Å². The summed E-state index contributed by atoms with van der Waals surface area (Å²) in [6.45, 7) is 7.41. The maximum absolute atomic E-state index is 6.69. The first-order valence-electron chi connectivity index (χ1n) is 7.43. The lowest BCUT2D eigenvalue weighted by atomic mass is 9.67. The first-order valence-corrected chi connectivity index (χ1v) is 7.43. The molecule has 0 bridgehead atoms. The van der Waals surface area contributed by atoms with Gasteiger partial charge in [0.05, 0.1) is 12.8 Å². The monoisotopic (exact) mass is 262 g/mol. The largest absolute Gasteiger partial charge is 0.492 e. The summed E-state index contributed by atoms with van der Waals surface area (Å²) in [7, 11) is 0. The summed E-state index contributed by atoms with van der Waals surface area (Å²) in [6.07, 6.45) is 8.11. The van der Waals surface area contributed by atoms with Crippen LogP contribution >= 0.6 is 0 Å². The van der Waals surface area contributed by atoms with Crippen LogP contribution in [0.3, 0.4) is 0 Å². The third-order valence-electron chi connectivity index (χ3n) is 4.41. The third kappa shape index (κ3) is 3.08. The molecule has 1 heterocycles. The molecule has 3 heteroatoms. The van der Waals surface area contributed by atoms with Crippen LogP contribution in [0.15, 0.2) is 18.5 Å². The van der Waals surface area contributed by atoms with Gasteiger partial charge in [-0.1, -0.05) is 20.8 Å². The standard InChI is InChI=1S/C16H26N2O/c1-4-7-19-15-9-14(10-18-11-15)16(17)6-5-12(2)8-13(16)3/h9-13H,4-8,17H2,1-3H3. The fourth-order valence-corrected chi connectivity index (χ4v) is 3.06. The van der Waals surface area contributed by atoms with E-state index in [9.17, 15) is 0 Å². The van der Waals surface area contributed by atoms with Gasteiger partial charge >= 0.3 is 0 Å². The molecule has 2 N–H and O–H groups in total. The van der Waals surface area contributed by atoms with Crippen molar-refractivity contribution < 1.29 is 4.74 Å². The molecule has 0 amide bonds. The molecule has 0 aliphatic heterocycles. The molecule has 1 fully saturated rings. The van der Waals surface area contributed by atoms with Crippen molar-refractivity contribution in [1.29, 1.82) is 0 Å². The van der Waals surface area contributed by atoms with Crippen LogP contribution in [-0.4, -0.2) is 11.6 Å². The van der Waals surface area contributed by atoms with E-state index in [1.54, 1.807) is 6.20 Å². The summed E-state index contributed by atoms with van der Waals surface area (Å²) in [5, 5.41) is 0. The van der Waals surface area contributed by atoms with Crippen LogP contribution in [0.2, 0.25) is 0 Å². The predicted molar refractivity (Wildman–Crippen MR) is 78.1 cm³/mol. The van der Waals surface area contributed by atoms with Gasteiger partial charge < -0.3 is 10.5 Å². The number of nitrogens with two attached hydrogens (primary N) is 1. The Morgan fingerprint density at radius 2 is 2.21 bits per heavy atom. The molecular weight excluding hydrogens is 236 g/mol. The molecule has 1 aromatic heterocycles. The van der Waals surface area contributed by atoms with Gasteiger partial charge in [-0.2, -0.15) is 0 Å². The van der Waals surface area contributed by atoms with Crippen molar-refractivity contribution in [3.63, 3.8) is 0 Å². The maximum Gasteiger partial charge on any atom is 0.137 e. The molecule has 0 spiro atoms. The summed E-state index contributed by atoms with van der Waals surface area (Å²) in [5.74, 6) is 2.11. The van der Waals surface area contributed by atoms with Crippen LogP contribution < -0.4 is 10.5 Å². The maximum atomic E-state index is 6.69. The van der Waals surface area contributed by atoms with Crippen LogP contribution in [0.1, 0.15) is 52.0 Å². The highest BCUT2D eigenvalue weighted by Crippen LogP contribution is 2.42. The van der Waals surface area contributed by atoms with Crippen molar-refractivity contribution in [3.8, 4) is 5.75 Å². The quantitative estimate of drug-likeness (QED) is 0.903. The van der Waals surface area contributed by atoms with Gasteiger partial charge in [-0.05, 0) is 49.1 Å². The minimum atomic E-state index is -0.245. The van der Waals surface area contributed by atoms with E-state index in [2.05, 4.69) is 31.8 Å². The molecule has 2 rings (SSSR count). The molecule has 106 valence electrons. The lowest BCUT2D eigenvalue weighted by Crippen LogP contribution is -2.46. The van der Waals surface area contributed by atoms with Gasteiger partial charge in [0.2, 0.25) is 0 Å². The van der Waals surface area contributed by atoms with E-state index in [0.717, 1.165) is 36.7 Å². The van der Waals surface area contributed by atoms with Gasteiger partial charge in [0, 0.05) is 11.7 Å². The molecule has 1 aromatic rings. The average molecular weight is 262 g/mol. The van der Waals surface area contributed by atoms with Crippen molar-refractivity contribution in [2.24, 2.45) is 17.6 Å². The molecule has 1 aliphatic rings. The van der Waals surface area contributed by atoms with Gasteiger partial charge in [0.1, 0.15) is 5.75 Å². The Labute approximate surface area is 116 Å². The molecular formula is C16H26N2O. The Morgan fingerprint density at radius 1 is 1.42 bits per heavy atom. The van der Waals surface area contributed by atoms with E-state index in [4.69, 9.17) is 10.5 Å². The van der Waals surface area contributed by atoms with Gasteiger partial charge in [0.15, 0.2) is 0 Å². The van der Waals surface area contributed by atoms with E-state index < -0.39 is 0 Å². The number of ether oxygens (including phenoxy) is 1. The highest BCUT2D eigenvalue weighted by Gasteiger charge is 2.38. The second-order valence-electron chi connectivity index (χ2n) is 6.08. The number of hydrogen-bond donors (Lipinski definition) is 1. The van der Waals surface area contributed by atoms with Crippen LogP contribution in [0.5, 0.6) is 5.75 Å². The zero-order chi connectivity index (χ0) is 13.9. The molecule has 0 aromatic carbocycles. The number of nitrogens with zero attached hydrogens (tertiary/aromatic N) is 1. The van der Waals surface area contributed by atoms with Crippen LogP contribution in [-0.2, 0) is 5.54 Å². The molecule has 0 saturated heterocycles. The first kappa shape index (κ1) is 14.3. The fraction of sp³-hybridized carbons (Fsp3) is 0.688. The number of aromatic nitrogens is 1. The zero-order valence-electron chi connectivity index (χ0n) is 12.4. The van der Waals surface area contributed by atoms with Gasteiger partial charge in [-0.25, -0.2) is 0 Å². The molecule has 3 nitrogen and oxygen atoms in total. The highest BCUT2D eigenvalue weighted by molar-refractivity contribution is 5.30. The van der Waals surface area contributed by atoms with E-state index in [1.807, 2.05) is 6.20 Å². The number of hydrogen-bond acceptors (Lipinski definition) is 3. The fourth-order valence-electron chi connectivity index (χ4n) is 3.06. The predicted octanol–water partition coefficient (Wildman–Crippen LogP) is 3.48. The highest BCUT2D eigenvalue weighted by atomic mass is 16.5. The van der Waals surface area contributed by atoms with Crippen LogP contribution in [0.25, 0.3) is 0 Å². The van der Waals surface area contributed by atoms with E-state index in [-0.39, 0.29) is 5.54 Å². The minimum Gasteiger partial charge on any atom is -0.492 e. The molecule has 3 unspecified atom stereocenters. The number of rotatable bonds is 4. The van der Waals surface area contributed by atoms with Crippen LogP contribution in [0, 0.1) is 11.8 Å². The summed E-state index contributed by atoms with van der Waals surface area (Å²) in [5.41, 5.74) is 7.57. The minimum absolute atomic E-state index is 0.245. The average Bonchev–Trinajstić information content (AvgIpc) is 2.41. The molecule has 1 aliphatic carbocycles. The Balaban J connectivity index is 2.20. The van der Waals surface area contributed by atoms with Gasteiger partial charge in [0.25, 0.3) is 0 Å². The summed E-state index contributed by atoms with van der Waals surface area (Å²) < 4.78 is 5.67. The Morgan fingerprint density at radius 3 is 2.89 bits per heavy atom. The lowest BCUT2D eigenvalue weighted by Gasteiger charge is -2.42. The van der Waals surface area contributed by atoms with Crippen molar-refractivity contribution in [2.75, 3.05) is 6.61 Å². The Bertz CT molecular complexity index is 421. The second-order valence-corrected chi connectivity index (χ2v) is 6.08. The topological polar surface area (TPSA) is 48.1 Å². The molecule has 1 saturated carbocycles. The molecule has 19 heavy (non-hydrogen) atoms.